The molecule has 0 bridgehead atoms. The van der Waals surface area contributed by atoms with Crippen LogP contribution in [0.1, 0.15) is 16.8 Å². The van der Waals surface area contributed by atoms with Crippen LogP contribution in [0.15, 0.2) is 18.2 Å². The van der Waals surface area contributed by atoms with Crippen molar-refractivity contribution in [2.24, 2.45) is 0 Å². The number of likely N-dealkylation sites (tertiary alicyclic amines) is 1. The Morgan fingerprint density at radius 2 is 2.28 bits per heavy atom. The van der Waals surface area contributed by atoms with E-state index in [4.69, 9.17) is 22.1 Å². The SMILES string of the molecule is CN1CCC(OC(=O)c2cc(Cl)ccc2N)C1=O. The van der Waals surface area contributed by atoms with Gasteiger partial charge in [-0.3, -0.25) is 4.79 Å². The highest BCUT2D eigenvalue weighted by molar-refractivity contribution is 6.31. The summed E-state index contributed by atoms with van der Waals surface area (Å²) in [5.74, 6) is -0.812. The monoisotopic (exact) mass is 268 g/mol. The lowest BCUT2D eigenvalue weighted by Gasteiger charge is -2.12. The number of hydrogen-bond acceptors (Lipinski definition) is 4. The van der Waals surface area contributed by atoms with Crippen molar-refractivity contribution in [3.63, 3.8) is 0 Å². The average molecular weight is 269 g/mol. The third kappa shape index (κ3) is 2.41. The minimum absolute atomic E-state index is 0.185. The van der Waals surface area contributed by atoms with Gasteiger partial charge in [-0.25, -0.2) is 4.79 Å². The molecule has 1 atom stereocenters. The number of esters is 1. The smallest absolute Gasteiger partial charge is 0.341 e. The Hall–Kier alpha value is -1.75. The molecule has 1 unspecified atom stereocenters. The van der Waals surface area contributed by atoms with E-state index in [1.165, 1.54) is 17.0 Å². The molecule has 1 fully saturated rings. The van der Waals surface area contributed by atoms with E-state index in [0.717, 1.165) is 0 Å². The van der Waals surface area contributed by atoms with Gasteiger partial charge >= 0.3 is 5.97 Å². The average Bonchev–Trinajstić information content (AvgIpc) is 2.64. The molecule has 96 valence electrons. The zero-order chi connectivity index (χ0) is 13.3. The molecule has 6 heteroatoms. The summed E-state index contributed by atoms with van der Waals surface area (Å²) in [4.78, 5) is 25.0. The molecule has 1 aromatic rings. The number of nitrogens with zero attached hydrogens (tertiary/aromatic N) is 1. The van der Waals surface area contributed by atoms with Gasteiger partial charge in [0, 0.05) is 30.7 Å². The van der Waals surface area contributed by atoms with Crippen LogP contribution < -0.4 is 5.73 Å². The van der Waals surface area contributed by atoms with Gasteiger partial charge < -0.3 is 15.4 Å². The molecule has 1 aliphatic heterocycles. The molecule has 0 aromatic heterocycles. The topological polar surface area (TPSA) is 72.6 Å². The van der Waals surface area contributed by atoms with Crippen molar-refractivity contribution < 1.29 is 14.3 Å². The number of carbonyl (C=O) groups excluding carboxylic acids is 2. The van der Waals surface area contributed by atoms with Gasteiger partial charge in [0.15, 0.2) is 6.10 Å². The van der Waals surface area contributed by atoms with E-state index in [2.05, 4.69) is 0 Å². The number of nitrogens with two attached hydrogens (primary N) is 1. The van der Waals surface area contributed by atoms with Gasteiger partial charge in [0.2, 0.25) is 0 Å². The fourth-order valence-electron chi connectivity index (χ4n) is 1.80. The van der Waals surface area contributed by atoms with E-state index in [-0.39, 0.29) is 17.2 Å². The second-order valence-corrected chi connectivity index (χ2v) is 4.61. The van der Waals surface area contributed by atoms with E-state index >= 15 is 0 Å². The van der Waals surface area contributed by atoms with Gasteiger partial charge in [0.25, 0.3) is 5.91 Å². The first-order valence-corrected chi connectivity index (χ1v) is 5.88. The quantitative estimate of drug-likeness (QED) is 0.648. The van der Waals surface area contributed by atoms with Gasteiger partial charge in [-0.2, -0.15) is 0 Å². The second-order valence-electron chi connectivity index (χ2n) is 4.17. The molecule has 0 spiro atoms. The molecule has 1 aromatic carbocycles. The van der Waals surface area contributed by atoms with E-state index < -0.39 is 12.1 Å². The number of nitrogen functional groups attached to an aromatic ring is 1. The molecular formula is C12H13ClN2O3. The maximum absolute atomic E-state index is 11.9. The highest BCUT2D eigenvalue weighted by Gasteiger charge is 2.32. The summed E-state index contributed by atoms with van der Waals surface area (Å²) in [6.07, 6.45) is -0.220. The van der Waals surface area contributed by atoms with E-state index in [1.807, 2.05) is 0 Å². The number of anilines is 1. The van der Waals surface area contributed by atoms with Gasteiger partial charge in [-0.05, 0) is 18.2 Å². The maximum atomic E-state index is 11.9. The zero-order valence-electron chi connectivity index (χ0n) is 9.85. The number of rotatable bonds is 2. The molecule has 1 heterocycles. The van der Waals surface area contributed by atoms with Crippen molar-refractivity contribution in [2.45, 2.75) is 12.5 Å². The standard InChI is InChI=1S/C12H13ClN2O3/c1-15-5-4-10(11(15)16)18-12(17)8-6-7(13)2-3-9(8)14/h2-3,6,10H,4-5,14H2,1H3. The first-order chi connectivity index (χ1) is 8.49. The molecular weight excluding hydrogens is 256 g/mol. The van der Waals surface area contributed by atoms with Crippen LogP contribution in [-0.2, 0) is 9.53 Å². The van der Waals surface area contributed by atoms with Gasteiger partial charge in [0.05, 0.1) is 5.56 Å². The first-order valence-electron chi connectivity index (χ1n) is 5.50. The Morgan fingerprint density at radius 1 is 1.56 bits per heavy atom. The number of hydrogen-bond donors (Lipinski definition) is 1. The molecule has 0 aliphatic carbocycles. The van der Waals surface area contributed by atoms with Gasteiger partial charge in [-0.15, -0.1) is 0 Å². The number of benzene rings is 1. The molecule has 1 aliphatic rings. The van der Waals surface area contributed by atoms with Crippen molar-refractivity contribution in [1.82, 2.24) is 4.90 Å². The van der Waals surface area contributed by atoms with Crippen LogP contribution in [0.3, 0.4) is 0 Å². The van der Waals surface area contributed by atoms with Crippen molar-refractivity contribution >= 4 is 29.2 Å². The number of carbonyl (C=O) groups is 2. The first kappa shape index (κ1) is 12.7. The predicted octanol–water partition coefficient (Wildman–Crippen LogP) is 1.31. The third-order valence-electron chi connectivity index (χ3n) is 2.86. The number of amides is 1. The summed E-state index contributed by atoms with van der Waals surface area (Å²) in [7, 11) is 1.67. The van der Waals surface area contributed by atoms with Crippen LogP contribution in [0.2, 0.25) is 5.02 Å². The Kier molecular flexibility index (Phi) is 3.43. The summed E-state index contributed by atoms with van der Waals surface area (Å²) < 4.78 is 5.15. The minimum atomic E-state index is -0.721. The summed E-state index contributed by atoms with van der Waals surface area (Å²) in [5, 5.41) is 0.394. The lowest BCUT2D eigenvalue weighted by Crippen LogP contribution is -2.29. The minimum Gasteiger partial charge on any atom is -0.449 e. The number of likely N-dealkylation sites (N-methyl/N-ethyl adjacent to an activating group) is 1. The normalized spacial score (nSPS) is 19.1. The molecule has 1 saturated heterocycles. The van der Waals surface area contributed by atoms with Crippen LogP contribution in [-0.4, -0.2) is 36.5 Å². The van der Waals surface area contributed by atoms with Crippen LogP contribution in [0.4, 0.5) is 5.69 Å². The molecule has 0 radical (unpaired) electrons. The molecule has 2 rings (SSSR count). The fourth-order valence-corrected chi connectivity index (χ4v) is 1.97. The number of halogens is 1. The Balaban J connectivity index is 2.13. The highest BCUT2D eigenvalue weighted by atomic mass is 35.5. The van der Waals surface area contributed by atoms with Crippen LogP contribution in [0.25, 0.3) is 0 Å². The van der Waals surface area contributed by atoms with E-state index in [1.54, 1.807) is 13.1 Å². The Morgan fingerprint density at radius 3 is 2.89 bits per heavy atom. The summed E-state index contributed by atoms with van der Waals surface area (Å²) >= 11 is 5.79. The third-order valence-corrected chi connectivity index (χ3v) is 3.10. The van der Waals surface area contributed by atoms with E-state index in [9.17, 15) is 9.59 Å². The van der Waals surface area contributed by atoms with Crippen molar-refractivity contribution in [3.8, 4) is 0 Å². The van der Waals surface area contributed by atoms with Crippen molar-refractivity contribution in [2.75, 3.05) is 19.3 Å². The Bertz CT molecular complexity index is 504. The molecule has 2 N–H and O–H groups in total. The second kappa shape index (κ2) is 4.86. The lowest BCUT2D eigenvalue weighted by molar-refractivity contribution is -0.133. The van der Waals surface area contributed by atoms with Crippen molar-refractivity contribution in [1.29, 1.82) is 0 Å². The maximum Gasteiger partial charge on any atom is 0.341 e. The van der Waals surface area contributed by atoms with Crippen LogP contribution in [0.5, 0.6) is 0 Å². The van der Waals surface area contributed by atoms with Crippen LogP contribution >= 0.6 is 11.6 Å². The highest BCUT2D eigenvalue weighted by Crippen LogP contribution is 2.21. The molecule has 5 nitrogen and oxygen atoms in total. The summed E-state index contributed by atoms with van der Waals surface area (Å²) in [6, 6.07) is 4.55. The van der Waals surface area contributed by atoms with Gasteiger partial charge in [-0.1, -0.05) is 11.6 Å². The molecule has 0 saturated carbocycles. The number of ether oxygens (including phenoxy) is 1. The Labute approximate surface area is 109 Å². The zero-order valence-corrected chi connectivity index (χ0v) is 10.6. The lowest BCUT2D eigenvalue weighted by atomic mass is 10.2. The predicted molar refractivity (Wildman–Crippen MR) is 67.3 cm³/mol. The molecule has 1 amide bonds. The fraction of sp³-hybridized carbons (Fsp3) is 0.333. The van der Waals surface area contributed by atoms with Gasteiger partial charge in [0.1, 0.15) is 0 Å². The summed E-state index contributed by atoms with van der Waals surface area (Å²) in [6.45, 7) is 0.585. The largest absolute Gasteiger partial charge is 0.449 e. The van der Waals surface area contributed by atoms with Crippen LogP contribution in [0, 0.1) is 0 Å². The summed E-state index contributed by atoms with van der Waals surface area (Å²) in [5.41, 5.74) is 6.14. The molecule has 18 heavy (non-hydrogen) atoms. The van der Waals surface area contributed by atoms with E-state index in [0.29, 0.717) is 18.0 Å². The van der Waals surface area contributed by atoms with Crippen molar-refractivity contribution in [3.05, 3.63) is 28.8 Å².